The lowest BCUT2D eigenvalue weighted by atomic mass is 9.42. The molecule has 0 bridgehead atoms. The molecule has 0 radical (unpaired) electrons. The van der Waals surface area contributed by atoms with E-state index < -0.39 is 5.60 Å². The Balaban J connectivity index is 1.79. The average Bonchev–Trinajstić information content (AvgIpc) is 2.81. The second kappa shape index (κ2) is 5.53. The molecule has 0 spiro atoms. The zero-order valence-corrected chi connectivity index (χ0v) is 17.0. The molecule has 4 aliphatic carbocycles. The van der Waals surface area contributed by atoms with Crippen molar-refractivity contribution in [1.29, 1.82) is 0 Å². The predicted octanol–water partition coefficient (Wildman–Crippen LogP) is 4.33. The van der Waals surface area contributed by atoms with Gasteiger partial charge in [0.25, 0.3) is 0 Å². The molecule has 0 aromatic carbocycles. The number of allylic oxidation sites excluding steroid dienone is 1. The monoisotopic (exact) mass is 358 g/mol. The first kappa shape index (κ1) is 18.4. The summed E-state index contributed by atoms with van der Waals surface area (Å²) in [6.45, 7) is 10.8. The van der Waals surface area contributed by atoms with E-state index in [2.05, 4.69) is 27.7 Å². The number of carbonyl (C=O) groups is 2. The minimum Gasteiger partial charge on any atom is -0.382 e. The molecule has 8 unspecified atom stereocenters. The molecular formula is C23H34O3. The smallest absolute Gasteiger partial charge is 0.161 e. The van der Waals surface area contributed by atoms with Crippen LogP contribution in [0.15, 0.2) is 11.6 Å². The van der Waals surface area contributed by atoms with Crippen LogP contribution in [0.3, 0.4) is 0 Å². The highest BCUT2D eigenvalue weighted by molar-refractivity contribution is 5.91. The number of ketones is 2. The van der Waals surface area contributed by atoms with Gasteiger partial charge < -0.3 is 5.11 Å². The number of carbonyl (C=O) groups excluding carboxylic acids is 2. The van der Waals surface area contributed by atoms with E-state index in [1.54, 1.807) is 6.92 Å². The first-order valence-electron chi connectivity index (χ1n) is 10.5. The average molecular weight is 359 g/mol. The summed E-state index contributed by atoms with van der Waals surface area (Å²) >= 11 is 0. The molecule has 0 heterocycles. The number of rotatable bonds is 1. The lowest BCUT2D eigenvalue weighted by molar-refractivity contribution is -0.168. The van der Waals surface area contributed by atoms with Crippen molar-refractivity contribution < 1.29 is 14.7 Å². The molecule has 0 saturated heterocycles. The molecule has 8 atom stereocenters. The molecule has 0 aromatic rings. The summed E-state index contributed by atoms with van der Waals surface area (Å²) in [6.07, 6.45) is 7.19. The maximum Gasteiger partial charge on any atom is 0.161 e. The fourth-order valence-corrected chi connectivity index (χ4v) is 8.28. The predicted molar refractivity (Wildman–Crippen MR) is 101 cm³/mol. The van der Waals surface area contributed by atoms with Crippen LogP contribution in [0.4, 0.5) is 0 Å². The molecule has 4 aliphatic rings. The zero-order chi connectivity index (χ0) is 19.1. The van der Waals surface area contributed by atoms with Gasteiger partial charge in [-0.3, -0.25) is 9.59 Å². The molecule has 0 amide bonds. The van der Waals surface area contributed by atoms with E-state index in [0.717, 1.165) is 25.7 Å². The molecule has 144 valence electrons. The third-order valence-electron chi connectivity index (χ3n) is 9.26. The van der Waals surface area contributed by atoms with Crippen LogP contribution in [0, 0.1) is 40.4 Å². The van der Waals surface area contributed by atoms with Crippen LogP contribution in [0.25, 0.3) is 0 Å². The van der Waals surface area contributed by atoms with Gasteiger partial charge in [0.15, 0.2) is 11.6 Å². The summed E-state index contributed by atoms with van der Waals surface area (Å²) < 4.78 is 0. The normalized spacial score (nSPS) is 53.4. The van der Waals surface area contributed by atoms with Gasteiger partial charge in [-0.25, -0.2) is 0 Å². The van der Waals surface area contributed by atoms with Crippen molar-refractivity contribution in [3.05, 3.63) is 11.6 Å². The van der Waals surface area contributed by atoms with Crippen LogP contribution in [-0.4, -0.2) is 22.3 Å². The Morgan fingerprint density at radius 1 is 1.23 bits per heavy atom. The maximum absolute atomic E-state index is 12.4. The van der Waals surface area contributed by atoms with Gasteiger partial charge in [-0.15, -0.1) is 0 Å². The van der Waals surface area contributed by atoms with Crippen molar-refractivity contribution in [1.82, 2.24) is 0 Å². The number of hydrogen-bond acceptors (Lipinski definition) is 3. The van der Waals surface area contributed by atoms with Crippen molar-refractivity contribution >= 4 is 11.6 Å². The van der Waals surface area contributed by atoms with Crippen LogP contribution in [0.5, 0.6) is 0 Å². The van der Waals surface area contributed by atoms with Gasteiger partial charge in [-0.05, 0) is 80.1 Å². The van der Waals surface area contributed by atoms with Gasteiger partial charge in [0, 0.05) is 11.8 Å². The van der Waals surface area contributed by atoms with Crippen molar-refractivity contribution in [2.45, 2.75) is 78.7 Å². The minimum absolute atomic E-state index is 0.0490. The van der Waals surface area contributed by atoms with E-state index in [-0.39, 0.29) is 16.6 Å². The summed E-state index contributed by atoms with van der Waals surface area (Å²) in [5, 5.41) is 11.3. The number of Topliss-reactive ketones (excluding diaryl/α,β-unsaturated/α-hetero) is 1. The lowest BCUT2D eigenvalue weighted by Crippen LogP contribution is -2.60. The van der Waals surface area contributed by atoms with Crippen LogP contribution >= 0.6 is 0 Å². The van der Waals surface area contributed by atoms with Crippen molar-refractivity contribution in [3.63, 3.8) is 0 Å². The highest BCUT2D eigenvalue weighted by Crippen LogP contribution is 2.69. The van der Waals surface area contributed by atoms with Crippen LogP contribution in [0.2, 0.25) is 0 Å². The molecule has 4 rings (SSSR count). The minimum atomic E-state index is -1.15. The van der Waals surface area contributed by atoms with E-state index in [0.29, 0.717) is 48.2 Å². The van der Waals surface area contributed by atoms with Crippen molar-refractivity contribution in [2.75, 3.05) is 0 Å². The summed E-state index contributed by atoms with van der Waals surface area (Å²) in [5.41, 5.74) is 0.0275. The molecule has 0 aromatic heterocycles. The number of fused-ring (bicyclic) bond motifs is 5. The van der Waals surface area contributed by atoms with Crippen molar-refractivity contribution in [3.8, 4) is 0 Å². The van der Waals surface area contributed by atoms with E-state index in [1.807, 2.05) is 6.08 Å². The quantitative estimate of drug-likeness (QED) is 0.759. The first-order chi connectivity index (χ1) is 12.0. The third-order valence-corrected chi connectivity index (χ3v) is 9.26. The van der Waals surface area contributed by atoms with Crippen molar-refractivity contribution in [2.24, 2.45) is 40.4 Å². The Morgan fingerprint density at radius 3 is 2.58 bits per heavy atom. The number of hydrogen-bond donors (Lipinski definition) is 1. The highest BCUT2D eigenvalue weighted by atomic mass is 16.3. The fourth-order valence-electron chi connectivity index (χ4n) is 8.28. The maximum atomic E-state index is 12.4. The Kier molecular flexibility index (Phi) is 3.91. The summed E-state index contributed by atoms with van der Waals surface area (Å²) in [7, 11) is 0. The Bertz CT molecular complexity index is 694. The van der Waals surface area contributed by atoms with Crippen LogP contribution in [-0.2, 0) is 9.59 Å². The Hall–Kier alpha value is -0.960. The standard InChI is InChI=1S/C23H34O3/c1-13-10-17-18-7-9-23(26,15(3)24)22(18,5)12-14(2)20(17)21(4)8-6-16(25)11-19(13)21/h11,13-14,17-18,20,26H,6-10,12H2,1-5H3. The molecular weight excluding hydrogens is 324 g/mol. The first-order valence-corrected chi connectivity index (χ1v) is 10.5. The molecule has 3 heteroatoms. The molecule has 1 N–H and O–H groups in total. The fraction of sp³-hybridized carbons (Fsp3) is 0.826. The van der Waals surface area contributed by atoms with Crippen LogP contribution < -0.4 is 0 Å². The van der Waals surface area contributed by atoms with E-state index in [9.17, 15) is 14.7 Å². The van der Waals surface area contributed by atoms with E-state index >= 15 is 0 Å². The van der Waals surface area contributed by atoms with Gasteiger partial charge >= 0.3 is 0 Å². The van der Waals surface area contributed by atoms with Gasteiger partial charge in [-0.2, -0.15) is 0 Å². The van der Waals surface area contributed by atoms with Gasteiger partial charge in [0.1, 0.15) is 5.60 Å². The summed E-state index contributed by atoms with van der Waals surface area (Å²) in [6, 6.07) is 0. The Morgan fingerprint density at radius 2 is 1.92 bits per heavy atom. The van der Waals surface area contributed by atoms with E-state index in [4.69, 9.17) is 0 Å². The summed E-state index contributed by atoms with van der Waals surface area (Å²) in [5.74, 6) is 2.64. The lowest BCUT2D eigenvalue weighted by Gasteiger charge is -2.62. The van der Waals surface area contributed by atoms with Crippen LogP contribution in [0.1, 0.15) is 73.1 Å². The SMILES string of the molecule is CC(=O)C1(O)CCC2C3CC(C)C4=CC(=O)CCC4(C)C3C(C)CC21C. The topological polar surface area (TPSA) is 54.4 Å². The second-order valence-corrected chi connectivity index (χ2v) is 10.5. The molecule has 0 aliphatic heterocycles. The molecule has 26 heavy (non-hydrogen) atoms. The molecule has 3 nitrogen and oxygen atoms in total. The highest BCUT2D eigenvalue weighted by Gasteiger charge is 2.67. The summed E-state index contributed by atoms with van der Waals surface area (Å²) in [4.78, 5) is 24.5. The van der Waals surface area contributed by atoms with E-state index in [1.165, 1.54) is 5.57 Å². The largest absolute Gasteiger partial charge is 0.382 e. The zero-order valence-electron chi connectivity index (χ0n) is 17.0. The Labute approximate surface area is 157 Å². The van der Waals surface area contributed by atoms with Gasteiger partial charge in [-0.1, -0.05) is 33.3 Å². The molecule has 3 saturated carbocycles. The van der Waals surface area contributed by atoms with Gasteiger partial charge in [0.05, 0.1) is 0 Å². The second-order valence-electron chi connectivity index (χ2n) is 10.5. The third kappa shape index (κ3) is 2.10. The van der Waals surface area contributed by atoms with Gasteiger partial charge in [0.2, 0.25) is 0 Å². The molecule has 3 fully saturated rings. The number of aliphatic hydroxyl groups is 1.